The third-order valence-corrected chi connectivity index (χ3v) is 2.92. The predicted octanol–water partition coefficient (Wildman–Crippen LogP) is 3.71. The number of hydrogen-bond acceptors (Lipinski definition) is 2. The van der Waals surface area contributed by atoms with Crippen LogP contribution >= 0.6 is 0 Å². The quantitative estimate of drug-likeness (QED) is 0.692. The smallest absolute Gasteiger partial charge is 0.143 e. The predicted molar refractivity (Wildman–Crippen MR) is 69.4 cm³/mol. The van der Waals surface area contributed by atoms with Crippen LogP contribution in [0.2, 0.25) is 0 Å². The minimum atomic E-state index is -0.294. The summed E-state index contributed by atoms with van der Waals surface area (Å²) in [6.45, 7) is 9.10. The van der Waals surface area contributed by atoms with Gasteiger partial charge in [0.05, 0.1) is 5.71 Å². The van der Waals surface area contributed by atoms with Crippen molar-refractivity contribution in [2.45, 2.75) is 39.7 Å². The molecule has 1 aromatic carbocycles. The molecule has 88 valence electrons. The molecule has 1 aromatic rings. The fourth-order valence-electron chi connectivity index (χ4n) is 1.55. The standard InChI is InChI=1S/C14H21NO/c1-5-14(4,12(3)15-6-2)16-13-10-8-7-9-11-13/h7-11H,5-6H2,1-4H3. The molecule has 16 heavy (non-hydrogen) atoms. The minimum absolute atomic E-state index is 0.294. The van der Waals surface area contributed by atoms with Gasteiger partial charge in [0.25, 0.3) is 0 Å². The first kappa shape index (κ1) is 12.8. The van der Waals surface area contributed by atoms with Crippen molar-refractivity contribution in [3.63, 3.8) is 0 Å². The van der Waals surface area contributed by atoms with Crippen LogP contribution in [0.1, 0.15) is 34.1 Å². The number of nitrogens with zero attached hydrogens (tertiary/aromatic N) is 1. The van der Waals surface area contributed by atoms with E-state index in [2.05, 4.69) is 18.8 Å². The molecule has 0 heterocycles. The number of rotatable bonds is 5. The van der Waals surface area contributed by atoms with Crippen molar-refractivity contribution < 1.29 is 4.74 Å². The van der Waals surface area contributed by atoms with Crippen LogP contribution in [-0.2, 0) is 0 Å². The molecule has 1 unspecified atom stereocenters. The number of para-hydroxylation sites is 1. The highest BCUT2D eigenvalue weighted by molar-refractivity contribution is 5.90. The second kappa shape index (κ2) is 5.69. The molecule has 0 aliphatic rings. The third kappa shape index (κ3) is 3.09. The Hall–Kier alpha value is -1.31. The zero-order chi connectivity index (χ0) is 12.0. The molecule has 0 fully saturated rings. The highest BCUT2D eigenvalue weighted by atomic mass is 16.5. The molecule has 0 spiro atoms. The summed E-state index contributed by atoms with van der Waals surface area (Å²) in [7, 11) is 0. The van der Waals surface area contributed by atoms with Crippen molar-refractivity contribution in [1.29, 1.82) is 0 Å². The zero-order valence-electron chi connectivity index (χ0n) is 10.7. The fraction of sp³-hybridized carbons (Fsp3) is 0.500. The summed E-state index contributed by atoms with van der Waals surface area (Å²) in [5.41, 5.74) is 0.763. The van der Waals surface area contributed by atoms with E-state index in [4.69, 9.17) is 4.74 Å². The number of benzene rings is 1. The number of aliphatic imine (C=N–C) groups is 1. The zero-order valence-corrected chi connectivity index (χ0v) is 10.7. The van der Waals surface area contributed by atoms with E-state index in [1.807, 2.05) is 44.2 Å². The lowest BCUT2D eigenvalue weighted by molar-refractivity contribution is 0.156. The Balaban J connectivity index is 2.86. The van der Waals surface area contributed by atoms with Crippen LogP contribution in [0.4, 0.5) is 0 Å². The van der Waals surface area contributed by atoms with Crippen molar-refractivity contribution in [1.82, 2.24) is 0 Å². The van der Waals surface area contributed by atoms with Gasteiger partial charge in [-0.15, -0.1) is 0 Å². The topological polar surface area (TPSA) is 21.6 Å². The van der Waals surface area contributed by atoms with Crippen molar-refractivity contribution in [2.75, 3.05) is 6.54 Å². The SMILES string of the molecule is CCN=C(C)C(C)(CC)Oc1ccccc1. The monoisotopic (exact) mass is 219 g/mol. The van der Waals surface area contributed by atoms with Gasteiger partial charge in [-0.05, 0) is 39.3 Å². The Morgan fingerprint density at radius 2 is 1.88 bits per heavy atom. The van der Waals surface area contributed by atoms with Crippen LogP contribution in [0, 0.1) is 0 Å². The van der Waals surface area contributed by atoms with Crippen molar-refractivity contribution in [3.05, 3.63) is 30.3 Å². The molecule has 0 aromatic heterocycles. The molecule has 0 radical (unpaired) electrons. The van der Waals surface area contributed by atoms with Gasteiger partial charge in [-0.2, -0.15) is 0 Å². The number of hydrogen-bond donors (Lipinski definition) is 0. The Labute approximate surface area is 98.4 Å². The van der Waals surface area contributed by atoms with Crippen LogP contribution in [0.15, 0.2) is 35.3 Å². The Morgan fingerprint density at radius 3 is 2.38 bits per heavy atom. The third-order valence-electron chi connectivity index (χ3n) is 2.92. The first-order chi connectivity index (χ1) is 7.62. The van der Waals surface area contributed by atoms with Crippen molar-refractivity contribution in [3.8, 4) is 5.75 Å². The van der Waals surface area contributed by atoms with Gasteiger partial charge >= 0.3 is 0 Å². The summed E-state index contributed by atoms with van der Waals surface area (Å²) in [6, 6.07) is 9.92. The lowest BCUT2D eigenvalue weighted by atomic mass is 9.97. The van der Waals surface area contributed by atoms with E-state index in [1.54, 1.807) is 0 Å². The largest absolute Gasteiger partial charge is 0.482 e. The molecule has 0 N–H and O–H groups in total. The second-order valence-corrected chi connectivity index (χ2v) is 4.06. The van der Waals surface area contributed by atoms with Crippen LogP contribution in [-0.4, -0.2) is 17.9 Å². The summed E-state index contributed by atoms with van der Waals surface area (Å²) in [6.07, 6.45) is 0.914. The summed E-state index contributed by atoms with van der Waals surface area (Å²) in [5, 5.41) is 0. The molecular weight excluding hydrogens is 198 g/mol. The Kier molecular flexibility index (Phi) is 4.53. The van der Waals surface area contributed by atoms with Crippen molar-refractivity contribution >= 4 is 5.71 Å². The maximum atomic E-state index is 6.03. The van der Waals surface area contributed by atoms with E-state index < -0.39 is 0 Å². The molecule has 0 aliphatic carbocycles. The summed E-state index contributed by atoms with van der Waals surface area (Å²) < 4.78 is 6.03. The van der Waals surface area contributed by atoms with Gasteiger partial charge in [0, 0.05) is 6.54 Å². The van der Waals surface area contributed by atoms with E-state index in [0.29, 0.717) is 0 Å². The van der Waals surface area contributed by atoms with Gasteiger partial charge in [0.15, 0.2) is 0 Å². The van der Waals surface area contributed by atoms with E-state index >= 15 is 0 Å². The van der Waals surface area contributed by atoms with Gasteiger partial charge < -0.3 is 4.74 Å². The Bertz CT molecular complexity index is 345. The van der Waals surface area contributed by atoms with E-state index in [1.165, 1.54) is 0 Å². The lowest BCUT2D eigenvalue weighted by Crippen LogP contribution is -2.39. The average molecular weight is 219 g/mol. The molecule has 0 bridgehead atoms. The van der Waals surface area contributed by atoms with Gasteiger partial charge in [0.2, 0.25) is 0 Å². The van der Waals surface area contributed by atoms with Gasteiger partial charge in [-0.25, -0.2) is 0 Å². The molecule has 0 aliphatic heterocycles. The van der Waals surface area contributed by atoms with Crippen LogP contribution in [0.25, 0.3) is 0 Å². The fourth-order valence-corrected chi connectivity index (χ4v) is 1.55. The highest BCUT2D eigenvalue weighted by Crippen LogP contribution is 2.22. The number of ether oxygens (including phenoxy) is 1. The van der Waals surface area contributed by atoms with E-state index in [0.717, 1.165) is 24.4 Å². The summed E-state index contributed by atoms with van der Waals surface area (Å²) >= 11 is 0. The van der Waals surface area contributed by atoms with Crippen molar-refractivity contribution in [2.24, 2.45) is 4.99 Å². The van der Waals surface area contributed by atoms with E-state index in [-0.39, 0.29) is 5.60 Å². The van der Waals surface area contributed by atoms with Crippen LogP contribution < -0.4 is 4.74 Å². The molecule has 2 nitrogen and oxygen atoms in total. The molecule has 2 heteroatoms. The molecule has 0 saturated carbocycles. The summed E-state index contributed by atoms with van der Waals surface area (Å²) in [5.74, 6) is 0.900. The first-order valence-electron chi connectivity index (χ1n) is 5.88. The molecule has 0 amide bonds. The lowest BCUT2D eigenvalue weighted by Gasteiger charge is -2.29. The Morgan fingerprint density at radius 1 is 1.25 bits per heavy atom. The van der Waals surface area contributed by atoms with Crippen LogP contribution in [0.3, 0.4) is 0 Å². The maximum Gasteiger partial charge on any atom is 0.143 e. The molecular formula is C14H21NO. The minimum Gasteiger partial charge on any atom is -0.482 e. The highest BCUT2D eigenvalue weighted by Gasteiger charge is 2.27. The molecule has 1 atom stereocenters. The second-order valence-electron chi connectivity index (χ2n) is 4.06. The van der Waals surface area contributed by atoms with E-state index in [9.17, 15) is 0 Å². The molecule has 1 rings (SSSR count). The van der Waals surface area contributed by atoms with Gasteiger partial charge in [0.1, 0.15) is 11.4 Å². The average Bonchev–Trinajstić information content (AvgIpc) is 2.30. The summed E-state index contributed by atoms with van der Waals surface area (Å²) in [4.78, 5) is 4.46. The first-order valence-corrected chi connectivity index (χ1v) is 5.88. The van der Waals surface area contributed by atoms with Gasteiger partial charge in [-0.1, -0.05) is 25.1 Å². The molecule has 0 saturated heterocycles. The maximum absolute atomic E-state index is 6.03. The van der Waals surface area contributed by atoms with Gasteiger partial charge in [-0.3, -0.25) is 4.99 Å². The normalized spacial score (nSPS) is 15.6. The van der Waals surface area contributed by atoms with Crippen LogP contribution in [0.5, 0.6) is 5.75 Å².